The van der Waals surface area contributed by atoms with Crippen molar-refractivity contribution in [3.63, 3.8) is 0 Å². The highest BCUT2D eigenvalue weighted by atomic mass is 16.5. The van der Waals surface area contributed by atoms with Crippen LogP contribution in [0, 0.1) is 0 Å². The summed E-state index contributed by atoms with van der Waals surface area (Å²) in [6.07, 6.45) is 19.4. The van der Waals surface area contributed by atoms with Gasteiger partial charge in [0.05, 0.1) is 0 Å². The van der Waals surface area contributed by atoms with E-state index in [-0.39, 0.29) is 0 Å². The van der Waals surface area contributed by atoms with Gasteiger partial charge < -0.3 is 5.21 Å². The third kappa shape index (κ3) is 15.9. The second-order valence-electron chi connectivity index (χ2n) is 5.50. The smallest absolute Gasteiger partial charge is 0.0207 e. The van der Waals surface area contributed by atoms with Crippen molar-refractivity contribution in [2.45, 2.75) is 96.8 Å². The van der Waals surface area contributed by atoms with Crippen LogP contribution in [0.2, 0.25) is 0 Å². The first-order chi connectivity index (χ1) is 8.91. The average Bonchev–Trinajstić information content (AvgIpc) is 2.39. The van der Waals surface area contributed by atoms with E-state index in [1.165, 1.54) is 83.5 Å². The number of hydrogen-bond acceptors (Lipinski definition) is 2. The highest BCUT2D eigenvalue weighted by molar-refractivity contribution is 4.49. The number of unbranched alkanes of at least 4 members (excludes halogenated alkanes) is 13. The van der Waals surface area contributed by atoms with Crippen molar-refractivity contribution in [3.8, 4) is 0 Å². The molecule has 0 rings (SSSR count). The van der Waals surface area contributed by atoms with Crippen LogP contribution < -0.4 is 5.48 Å². The summed E-state index contributed by atoms with van der Waals surface area (Å²) in [6.45, 7) is 3.03. The summed E-state index contributed by atoms with van der Waals surface area (Å²) in [5.41, 5.74) is 2.21. The molecule has 0 saturated carbocycles. The maximum atomic E-state index is 8.41. The van der Waals surface area contributed by atoms with Gasteiger partial charge in [0, 0.05) is 6.54 Å². The van der Waals surface area contributed by atoms with Gasteiger partial charge in [-0.05, 0) is 6.42 Å². The summed E-state index contributed by atoms with van der Waals surface area (Å²) in [5.74, 6) is 0. The second-order valence-corrected chi connectivity index (χ2v) is 5.50. The molecule has 0 atom stereocenters. The molecule has 0 amide bonds. The quantitative estimate of drug-likeness (QED) is 0.302. The van der Waals surface area contributed by atoms with Crippen molar-refractivity contribution >= 4 is 0 Å². The maximum Gasteiger partial charge on any atom is 0.0207 e. The molecule has 2 nitrogen and oxygen atoms in total. The minimum atomic E-state index is 0.748. The summed E-state index contributed by atoms with van der Waals surface area (Å²) in [4.78, 5) is 0. The number of nitrogens with one attached hydrogen (secondary N) is 1. The van der Waals surface area contributed by atoms with Gasteiger partial charge >= 0.3 is 0 Å². The molecule has 2 heteroatoms. The number of hydroxylamine groups is 1. The molecule has 0 aliphatic carbocycles. The predicted octanol–water partition coefficient (Wildman–Crippen LogP) is 5.45. The van der Waals surface area contributed by atoms with Crippen LogP contribution in [-0.4, -0.2) is 11.8 Å². The van der Waals surface area contributed by atoms with Gasteiger partial charge in [-0.3, -0.25) is 0 Å². The molecule has 0 aliphatic rings. The highest BCUT2D eigenvalue weighted by Gasteiger charge is 1.93. The van der Waals surface area contributed by atoms with Gasteiger partial charge in [-0.1, -0.05) is 90.4 Å². The summed E-state index contributed by atoms with van der Waals surface area (Å²) in [5, 5.41) is 8.41. The Morgan fingerprint density at radius 3 is 1.22 bits per heavy atom. The van der Waals surface area contributed by atoms with E-state index in [1.54, 1.807) is 0 Å². The van der Waals surface area contributed by atoms with E-state index in [9.17, 15) is 0 Å². The molecule has 0 saturated heterocycles. The van der Waals surface area contributed by atoms with Crippen LogP contribution in [0.5, 0.6) is 0 Å². The molecule has 0 radical (unpaired) electrons. The van der Waals surface area contributed by atoms with Crippen LogP contribution >= 0.6 is 0 Å². The van der Waals surface area contributed by atoms with Crippen molar-refractivity contribution < 1.29 is 5.21 Å². The van der Waals surface area contributed by atoms with Crippen LogP contribution in [0.15, 0.2) is 0 Å². The van der Waals surface area contributed by atoms with Crippen LogP contribution in [-0.2, 0) is 0 Å². The molecule has 0 bridgehead atoms. The summed E-state index contributed by atoms with van der Waals surface area (Å²) in [7, 11) is 0. The Bertz CT molecular complexity index is 123. The average molecular weight is 257 g/mol. The zero-order valence-corrected chi connectivity index (χ0v) is 12.6. The lowest BCUT2D eigenvalue weighted by Gasteiger charge is -2.03. The topological polar surface area (TPSA) is 32.3 Å². The Morgan fingerprint density at radius 2 is 0.889 bits per heavy atom. The standard InChI is InChI=1S/C16H35NO/c1-2-3-4-5-6-7-8-9-10-11-12-13-14-15-16-17-18/h17-18H,2-16H2,1H3. The highest BCUT2D eigenvalue weighted by Crippen LogP contribution is 2.12. The normalized spacial score (nSPS) is 11.0. The molecule has 0 aromatic rings. The molecule has 0 unspecified atom stereocenters. The van der Waals surface area contributed by atoms with E-state index in [4.69, 9.17) is 5.21 Å². The molecule has 0 fully saturated rings. The van der Waals surface area contributed by atoms with Crippen molar-refractivity contribution in [3.05, 3.63) is 0 Å². The van der Waals surface area contributed by atoms with Gasteiger partial charge in [-0.2, -0.15) is 0 Å². The summed E-state index contributed by atoms with van der Waals surface area (Å²) in [6, 6.07) is 0. The number of hydrogen-bond donors (Lipinski definition) is 2. The molecule has 2 N–H and O–H groups in total. The fourth-order valence-corrected chi connectivity index (χ4v) is 2.40. The zero-order valence-electron chi connectivity index (χ0n) is 12.6. The predicted molar refractivity (Wildman–Crippen MR) is 80.1 cm³/mol. The van der Waals surface area contributed by atoms with E-state index in [2.05, 4.69) is 12.4 Å². The molecule has 0 aromatic heterocycles. The van der Waals surface area contributed by atoms with Crippen LogP contribution in [0.25, 0.3) is 0 Å². The van der Waals surface area contributed by atoms with Crippen molar-refractivity contribution in [1.82, 2.24) is 5.48 Å². The molecule has 0 heterocycles. The first kappa shape index (κ1) is 17.9. The monoisotopic (exact) mass is 257 g/mol. The third-order valence-electron chi connectivity index (χ3n) is 3.64. The van der Waals surface area contributed by atoms with E-state index in [1.807, 2.05) is 0 Å². The number of rotatable bonds is 15. The lowest BCUT2D eigenvalue weighted by atomic mass is 10.0. The van der Waals surface area contributed by atoms with Crippen molar-refractivity contribution in [2.24, 2.45) is 0 Å². The van der Waals surface area contributed by atoms with E-state index < -0.39 is 0 Å². The Labute approximate surface area is 115 Å². The van der Waals surface area contributed by atoms with Gasteiger partial charge in [0.15, 0.2) is 0 Å². The molecular weight excluding hydrogens is 222 g/mol. The SMILES string of the molecule is CCCCCCCCCCCCCCCCNO. The summed E-state index contributed by atoms with van der Waals surface area (Å²) >= 11 is 0. The molecule has 18 heavy (non-hydrogen) atoms. The Balaban J connectivity index is 2.86. The van der Waals surface area contributed by atoms with Crippen LogP contribution in [0.4, 0.5) is 0 Å². The Kier molecular flexibility index (Phi) is 16.8. The van der Waals surface area contributed by atoms with E-state index in [0.29, 0.717) is 0 Å². The summed E-state index contributed by atoms with van der Waals surface area (Å²) < 4.78 is 0. The van der Waals surface area contributed by atoms with Gasteiger partial charge in [0.1, 0.15) is 0 Å². The largest absolute Gasteiger partial charge is 0.317 e. The van der Waals surface area contributed by atoms with Gasteiger partial charge in [0.25, 0.3) is 0 Å². The molecule has 110 valence electrons. The molecule has 0 spiro atoms. The zero-order chi connectivity index (χ0) is 13.3. The fourth-order valence-electron chi connectivity index (χ4n) is 2.40. The van der Waals surface area contributed by atoms with Crippen molar-refractivity contribution in [1.29, 1.82) is 0 Å². The molecular formula is C16H35NO. The first-order valence-corrected chi connectivity index (χ1v) is 8.28. The molecule has 0 aromatic carbocycles. The van der Waals surface area contributed by atoms with Crippen molar-refractivity contribution in [2.75, 3.05) is 6.54 Å². The van der Waals surface area contributed by atoms with E-state index in [0.717, 1.165) is 13.0 Å². The lowest BCUT2D eigenvalue weighted by molar-refractivity contribution is 0.164. The van der Waals surface area contributed by atoms with Gasteiger partial charge in [-0.25, -0.2) is 5.48 Å². The second kappa shape index (κ2) is 16.9. The minimum Gasteiger partial charge on any atom is -0.317 e. The minimum absolute atomic E-state index is 0.748. The van der Waals surface area contributed by atoms with Gasteiger partial charge in [0.2, 0.25) is 0 Å². The van der Waals surface area contributed by atoms with Crippen LogP contribution in [0.3, 0.4) is 0 Å². The lowest BCUT2D eigenvalue weighted by Crippen LogP contribution is -2.07. The van der Waals surface area contributed by atoms with Crippen LogP contribution in [0.1, 0.15) is 96.8 Å². The van der Waals surface area contributed by atoms with E-state index >= 15 is 0 Å². The Morgan fingerprint density at radius 1 is 0.556 bits per heavy atom. The molecule has 0 aliphatic heterocycles. The third-order valence-corrected chi connectivity index (χ3v) is 3.64. The fraction of sp³-hybridized carbons (Fsp3) is 1.00. The first-order valence-electron chi connectivity index (χ1n) is 8.28. The van der Waals surface area contributed by atoms with Gasteiger partial charge in [-0.15, -0.1) is 0 Å². The Hall–Kier alpha value is -0.0800. The maximum absolute atomic E-state index is 8.41.